The van der Waals surface area contributed by atoms with E-state index in [9.17, 15) is 124 Å². The fraction of sp³-hybridized carbons (Fsp3) is 1.00. The molecule has 2 saturated heterocycles. The van der Waals surface area contributed by atoms with E-state index in [4.69, 9.17) is 75.9 Å². The quantitative estimate of drug-likeness (QED) is 0.0199. The Kier molecular flexibility index (Phi) is 40.7. The van der Waals surface area contributed by atoms with E-state index in [1.54, 1.807) is 0 Å². The highest BCUT2D eigenvalue weighted by Crippen LogP contribution is 2.50. The van der Waals surface area contributed by atoms with E-state index < -0.39 is 282 Å². The van der Waals surface area contributed by atoms with Crippen LogP contribution in [0.2, 0.25) is 0 Å². The number of halogens is 2. The van der Waals surface area contributed by atoms with Crippen molar-refractivity contribution < 1.29 is 217 Å². The molecule has 30 atom stereocenters. The second-order valence-corrected chi connectivity index (χ2v) is 27.5. The maximum absolute atomic E-state index is 15.5. The van der Waals surface area contributed by atoms with Gasteiger partial charge in [-0.05, 0) is 13.8 Å². The maximum Gasteiger partial charge on any atom is 0.472 e. The number of hydrogen-bond donors (Lipinski definition) is 22. The summed E-state index contributed by atoms with van der Waals surface area (Å²) in [6.45, 7) is -10.8. The minimum absolute atomic E-state index is 0.455. The van der Waals surface area contributed by atoms with Gasteiger partial charge < -0.3 is 159 Å². The highest BCUT2D eigenvalue weighted by atomic mass is 31.2. The van der Waals surface area contributed by atoms with Crippen molar-refractivity contribution in [3.8, 4) is 0 Å². The number of ether oxygens (including phenoxy) is 10. The van der Waals surface area contributed by atoms with Crippen molar-refractivity contribution in [2.75, 3.05) is 114 Å². The molecule has 0 saturated carbocycles. The molecular formula is C46H93F2NO43P4. The lowest BCUT2D eigenvalue weighted by molar-refractivity contribution is -0.223. The molecule has 574 valence electrons. The van der Waals surface area contributed by atoms with Gasteiger partial charge in [-0.25, -0.2) is 27.0 Å². The smallest absolute Gasteiger partial charge is 0.394 e. The lowest BCUT2D eigenvalue weighted by Gasteiger charge is -2.33. The Morgan fingerprint density at radius 2 is 0.844 bits per heavy atom. The molecule has 23 N–H and O–H groups in total. The van der Waals surface area contributed by atoms with Gasteiger partial charge in [-0.1, -0.05) is 0 Å². The number of aliphatic hydroxyl groups excluding tert-OH is 17. The van der Waals surface area contributed by atoms with Gasteiger partial charge in [0.05, 0.1) is 85.9 Å². The first-order valence-corrected chi connectivity index (χ1v) is 34.3. The zero-order chi connectivity index (χ0) is 73.4. The van der Waals surface area contributed by atoms with Crippen LogP contribution in [0.3, 0.4) is 0 Å². The van der Waals surface area contributed by atoms with Crippen LogP contribution in [-0.4, -0.2) is 386 Å². The number of rotatable bonds is 53. The van der Waals surface area contributed by atoms with Crippen LogP contribution in [0.4, 0.5) is 8.78 Å². The standard InChI is InChI=1S/C46H93F2NO43P4/c1-46(2,49)19-87-93(67,68)83-15-24(58)35(64)22(56)13-81-44(78-6)40(29(8-51)76-4)92-96(73,74)86-18-27(61)36(65)23(57)14-82-45-41(77-5)39(31(10-53)89-45)91-95(71,72)85-17-26(60)34(63)21(55)12-80-43-32(47)38(30(9-52)88-43)90-94(69,70)84-16-25(59)33(62)20(54)11-79-42(48)37(66)28(7-50)75-3/h20-45,50-66H,7-19,49H2,1-6H3,(H,67,68)(H,69,70)(H,71,72)(H,73,74). The second kappa shape index (κ2) is 42.8. The molecular weight excluding hydrogens is 1420 g/mol. The van der Waals surface area contributed by atoms with Crippen molar-refractivity contribution in [1.29, 1.82) is 0 Å². The first-order valence-electron chi connectivity index (χ1n) is 28.4. The van der Waals surface area contributed by atoms with Gasteiger partial charge in [-0.3, -0.25) is 36.2 Å². The number of methoxy groups -OCH3 is 4. The Morgan fingerprint density at radius 1 is 0.469 bits per heavy atom. The molecule has 0 bridgehead atoms. The lowest BCUT2D eigenvalue weighted by Crippen LogP contribution is -2.48. The predicted octanol–water partition coefficient (Wildman–Crippen LogP) is -9.81. The van der Waals surface area contributed by atoms with Gasteiger partial charge in [0.15, 0.2) is 25.0 Å². The lowest BCUT2D eigenvalue weighted by atomic mass is 10.1. The average Bonchev–Trinajstić information content (AvgIpc) is 1.64. The van der Waals surface area contributed by atoms with E-state index in [0.29, 0.717) is 0 Å². The average molecular weight is 1510 g/mol. The van der Waals surface area contributed by atoms with Crippen LogP contribution in [-0.2, 0) is 102 Å². The summed E-state index contributed by atoms with van der Waals surface area (Å²) in [6, 6.07) is 0. The number of aliphatic hydroxyl groups is 17. The third-order valence-electron chi connectivity index (χ3n) is 13.5. The van der Waals surface area contributed by atoms with E-state index >= 15 is 4.39 Å². The Hall–Kier alpha value is -0.820. The van der Waals surface area contributed by atoms with Gasteiger partial charge in [0.2, 0.25) is 6.36 Å². The summed E-state index contributed by atoms with van der Waals surface area (Å²) >= 11 is 0. The first-order chi connectivity index (χ1) is 44.5. The zero-order valence-electron chi connectivity index (χ0n) is 52.2. The van der Waals surface area contributed by atoms with Gasteiger partial charge in [-0.15, -0.1) is 0 Å². The third-order valence-corrected chi connectivity index (χ3v) is 17.4. The topological polar surface area (TPSA) is 685 Å². The van der Waals surface area contributed by atoms with E-state index in [0.717, 1.165) is 28.4 Å². The first kappa shape index (κ1) is 91.3. The van der Waals surface area contributed by atoms with Crippen LogP contribution in [0.15, 0.2) is 0 Å². The van der Waals surface area contributed by atoms with Gasteiger partial charge in [0.1, 0.15) is 128 Å². The van der Waals surface area contributed by atoms with E-state index in [1.807, 2.05) is 0 Å². The summed E-state index contributed by atoms with van der Waals surface area (Å²) in [4.78, 5) is 41.2. The molecule has 44 nitrogen and oxygen atoms in total. The van der Waals surface area contributed by atoms with Gasteiger partial charge in [0, 0.05) is 34.0 Å². The molecule has 0 spiro atoms. The predicted molar refractivity (Wildman–Crippen MR) is 302 cm³/mol. The van der Waals surface area contributed by atoms with Crippen molar-refractivity contribution in [2.24, 2.45) is 5.73 Å². The zero-order valence-corrected chi connectivity index (χ0v) is 55.8. The molecule has 2 heterocycles. The normalized spacial score (nSPS) is 28.8. The molecule has 96 heavy (non-hydrogen) atoms. The molecule has 2 aliphatic rings. The molecule has 0 aromatic heterocycles. The number of alkyl halides is 2. The molecule has 0 radical (unpaired) electrons. The van der Waals surface area contributed by atoms with Gasteiger partial charge in [0.25, 0.3) is 0 Å². The SMILES string of the molecule is COC(CO)C(O)C(F)OCC(O)C(O)C(O)COP(=O)(O)OC1C(CO)OC(OCC(O)C(O)C(O)COP(=O)(O)OC2C(CO)OC(OCC(O)C(O)C(O)COP(=O)(O)OC(C(CO)OC)C(OC)OCC(O)C(O)C(O)COP(=O)(O)OCC(C)(C)N)C2OC)C1F. The van der Waals surface area contributed by atoms with Crippen molar-refractivity contribution >= 4 is 31.3 Å². The minimum Gasteiger partial charge on any atom is -0.394 e. The van der Waals surface area contributed by atoms with Crippen LogP contribution >= 0.6 is 31.3 Å². The van der Waals surface area contributed by atoms with Crippen molar-refractivity contribution in [3.05, 3.63) is 0 Å². The molecule has 30 unspecified atom stereocenters. The van der Waals surface area contributed by atoms with E-state index in [1.165, 1.54) is 13.8 Å². The summed E-state index contributed by atoms with van der Waals surface area (Å²) in [5.74, 6) is 0. The van der Waals surface area contributed by atoms with E-state index in [2.05, 4.69) is 18.5 Å². The van der Waals surface area contributed by atoms with Crippen LogP contribution in [0.1, 0.15) is 13.8 Å². The number of phosphoric acid groups is 4. The minimum atomic E-state index is -5.50. The molecule has 2 fully saturated rings. The number of hydrogen-bond acceptors (Lipinski definition) is 40. The third kappa shape index (κ3) is 30.5. The second-order valence-electron chi connectivity index (χ2n) is 21.8. The fourth-order valence-corrected chi connectivity index (χ4v) is 11.8. The summed E-state index contributed by atoms with van der Waals surface area (Å²) in [6.07, 6.45) is -53.8. The Balaban J connectivity index is 1.95. The summed E-state index contributed by atoms with van der Waals surface area (Å²) in [5.41, 5.74) is 4.62. The summed E-state index contributed by atoms with van der Waals surface area (Å²) < 4.78 is 170. The Bertz CT molecular complexity index is 2350. The van der Waals surface area contributed by atoms with Gasteiger partial charge in [-0.2, -0.15) is 0 Å². The molecule has 2 aliphatic heterocycles. The Morgan fingerprint density at radius 3 is 1.25 bits per heavy atom. The van der Waals surface area contributed by atoms with Crippen LogP contribution < -0.4 is 5.73 Å². The highest BCUT2D eigenvalue weighted by Gasteiger charge is 2.52. The molecule has 0 aromatic rings. The van der Waals surface area contributed by atoms with Crippen LogP contribution in [0, 0.1) is 0 Å². The van der Waals surface area contributed by atoms with Crippen molar-refractivity contribution in [1.82, 2.24) is 0 Å². The number of nitrogens with two attached hydrogens (primary N) is 1. The number of phosphoric ester groups is 4. The molecule has 2 rings (SSSR count). The maximum atomic E-state index is 15.5. The Labute approximate surface area is 546 Å². The van der Waals surface area contributed by atoms with Crippen molar-refractivity contribution in [2.45, 2.75) is 179 Å². The molecule has 50 heteroatoms. The molecule has 0 aliphatic carbocycles. The van der Waals surface area contributed by atoms with Gasteiger partial charge >= 0.3 is 31.3 Å². The molecule has 0 aromatic carbocycles. The van der Waals surface area contributed by atoms with Crippen LogP contribution in [0.25, 0.3) is 0 Å². The van der Waals surface area contributed by atoms with E-state index in [-0.39, 0.29) is 0 Å². The summed E-state index contributed by atoms with van der Waals surface area (Å²) in [5, 5.41) is 174. The summed E-state index contributed by atoms with van der Waals surface area (Å²) in [7, 11) is -17.3. The van der Waals surface area contributed by atoms with Crippen molar-refractivity contribution in [3.63, 3.8) is 0 Å². The monoisotopic (exact) mass is 1510 g/mol. The largest absolute Gasteiger partial charge is 0.472 e. The fourth-order valence-electron chi connectivity index (χ4n) is 8.03. The molecule has 0 amide bonds. The highest BCUT2D eigenvalue weighted by molar-refractivity contribution is 7.48. The van der Waals surface area contributed by atoms with Crippen LogP contribution in [0.5, 0.6) is 0 Å².